The van der Waals surface area contributed by atoms with Gasteiger partial charge in [-0.2, -0.15) is 0 Å². The van der Waals surface area contributed by atoms with Crippen molar-refractivity contribution in [3.8, 4) is 0 Å². The Labute approximate surface area is 111 Å². The van der Waals surface area contributed by atoms with Gasteiger partial charge in [0, 0.05) is 13.0 Å². The smallest absolute Gasteiger partial charge is 0.237 e. The average molecular weight is 262 g/mol. The van der Waals surface area contributed by atoms with Crippen molar-refractivity contribution in [2.75, 3.05) is 6.54 Å². The Bertz CT molecular complexity index is 491. The average Bonchev–Trinajstić information content (AvgIpc) is 2.95. The molecule has 5 heteroatoms. The van der Waals surface area contributed by atoms with Gasteiger partial charge >= 0.3 is 0 Å². The van der Waals surface area contributed by atoms with Crippen molar-refractivity contribution in [2.24, 2.45) is 0 Å². The molecule has 1 aliphatic heterocycles. The van der Waals surface area contributed by atoms with E-state index < -0.39 is 12.2 Å². The highest BCUT2D eigenvalue weighted by molar-refractivity contribution is 5.82. The Morgan fingerprint density at radius 3 is 2.84 bits per heavy atom. The van der Waals surface area contributed by atoms with Crippen LogP contribution in [0.3, 0.4) is 0 Å². The Balaban J connectivity index is 1.71. The third-order valence-corrected chi connectivity index (χ3v) is 3.93. The highest BCUT2D eigenvalue weighted by Gasteiger charge is 2.35. The number of amides is 1. The molecule has 4 atom stereocenters. The summed E-state index contributed by atoms with van der Waals surface area (Å²) in [6.07, 6.45) is -0.0396. The lowest BCUT2D eigenvalue weighted by Gasteiger charge is -2.20. The zero-order valence-corrected chi connectivity index (χ0v) is 10.5. The van der Waals surface area contributed by atoms with Crippen LogP contribution in [0.4, 0.5) is 0 Å². The van der Waals surface area contributed by atoms with Crippen molar-refractivity contribution in [3.63, 3.8) is 0 Å². The van der Waals surface area contributed by atoms with Gasteiger partial charge in [-0.3, -0.25) is 4.79 Å². The Hall–Kier alpha value is -1.43. The molecular formula is C14H18N2O3. The van der Waals surface area contributed by atoms with E-state index in [-0.39, 0.29) is 18.0 Å². The van der Waals surface area contributed by atoms with Crippen molar-refractivity contribution in [2.45, 2.75) is 37.1 Å². The molecule has 0 spiro atoms. The first-order valence-corrected chi connectivity index (χ1v) is 6.63. The first-order valence-electron chi connectivity index (χ1n) is 6.63. The lowest BCUT2D eigenvalue weighted by Crippen LogP contribution is -2.44. The first-order chi connectivity index (χ1) is 9.15. The Kier molecular flexibility index (Phi) is 3.26. The number of carbonyl (C=O) groups excluding carboxylic acids is 1. The lowest BCUT2D eigenvalue weighted by atomic mass is 10.1. The Morgan fingerprint density at radius 2 is 2.11 bits per heavy atom. The molecule has 1 amide bonds. The highest BCUT2D eigenvalue weighted by atomic mass is 16.3. The fraction of sp³-hybridized carbons (Fsp3) is 0.500. The van der Waals surface area contributed by atoms with Crippen molar-refractivity contribution in [1.29, 1.82) is 0 Å². The molecule has 1 aromatic carbocycles. The summed E-state index contributed by atoms with van der Waals surface area (Å²) in [7, 11) is 0. The summed E-state index contributed by atoms with van der Waals surface area (Å²) < 4.78 is 0. The summed E-state index contributed by atoms with van der Waals surface area (Å²) in [6, 6.07) is 7.05. The maximum Gasteiger partial charge on any atom is 0.237 e. The highest BCUT2D eigenvalue weighted by Crippen LogP contribution is 2.31. The number of nitrogens with one attached hydrogen (secondary N) is 2. The second kappa shape index (κ2) is 4.92. The molecule has 1 fully saturated rings. The normalized spacial score (nSPS) is 33.2. The van der Waals surface area contributed by atoms with Crippen LogP contribution in [-0.4, -0.2) is 40.9 Å². The number of fused-ring (bicyclic) bond motifs is 1. The van der Waals surface area contributed by atoms with Crippen molar-refractivity contribution < 1.29 is 15.0 Å². The van der Waals surface area contributed by atoms with Gasteiger partial charge < -0.3 is 20.8 Å². The predicted octanol–water partition coefficient (Wildman–Crippen LogP) is -0.516. The molecule has 0 aromatic heterocycles. The van der Waals surface area contributed by atoms with E-state index in [0.29, 0.717) is 19.4 Å². The predicted molar refractivity (Wildman–Crippen MR) is 69.5 cm³/mol. The van der Waals surface area contributed by atoms with Gasteiger partial charge in [0.25, 0.3) is 0 Å². The van der Waals surface area contributed by atoms with E-state index in [1.807, 2.05) is 24.3 Å². The zero-order chi connectivity index (χ0) is 13.4. The molecule has 102 valence electrons. The van der Waals surface area contributed by atoms with Gasteiger partial charge in [-0.05, 0) is 17.5 Å². The minimum Gasteiger partial charge on any atom is -0.392 e. The van der Waals surface area contributed by atoms with Crippen LogP contribution in [-0.2, 0) is 11.2 Å². The number of β-amino-alcohol motifs (C(OH)–C–C–N with tert-alkyl or cyclic N) is 1. The van der Waals surface area contributed by atoms with E-state index in [4.69, 9.17) is 0 Å². The van der Waals surface area contributed by atoms with Gasteiger partial charge in [-0.15, -0.1) is 0 Å². The number of rotatable bonds is 2. The van der Waals surface area contributed by atoms with Crippen molar-refractivity contribution in [1.82, 2.24) is 10.6 Å². The molecule has 1 saturated heterocycles. The van der Waals surface area contributed by atoms with E-state index in [0.717, 1.165) is 11.1 Å². The molecule has 1 heterocycles. The zero-order valence-electron chi connectivity index (χ0n) is 10.5. The fourth-order valence-electron chi connectivity index (χ4n) is 2.92. The molecule has 0 bridgehead atoms. The summed E-state index contributed by atoms with van der Waals surface area (Å²) in [5.74, 6) is -0.155. The van der Waals surface area contributed by atoms with E-state index in [1.165, 1.54) is 0 Å². The van der Waals surface area contributed by atoms with E-state index >= 15 is 0 Å². The van der Waals surface area contributed by atoms with Gasteiger partial charge in [-0.1, -0.05) is 24.3 Å². The molecule has 0 radical (unpaired) electrons. The topological polar surface area (TPSA) is 81.6 Å². The van der Waals surface area contributed by atoms with E-state index in [9.17, 15) is 15.0 Å². The summed E-state index contributed by atoms with van der Waals surface area (Å²) in [6.45, 7) is 0.446. The van der Waals surface area contributed by atoms with Gasteiger partial charge in [0.05, 0.1) is 24.3 Å². The van der Waals surface area contributed by atoms with Gasteiger partial charge in [0.15, 0.2) is 0 Å². The van der Waals surface area contributed by atoms with Crippen LogP contribution in [0.15, 0.2) is 24.3 Å². The molecular weight excluding hydrogens is 244 g/mol. The molecule has 1 aromatic rings. The Morgan fingerprint density at radius 1 is 1.32 bits per heavy atom. The van der Waals surface area contributed by atoms with Gasteiger partial charge in [0.2, 0.25) is 5.91 Å². The number of aliphatic hydroxyl groups is 2. The summed E-state index contributed by atoms with van der Waals surface area (Å²) in [5, 5.41) is 25.4. The maximum atomic E-state index is 12.1. The van der Waals surface area contributed by atoms with Crippen LogP contribution in [0.25, 0.3) is 0 Å². The second-order valence-electron chi connectivity index (χ2n) is 5.31. The summed E-state index contributed by atoms with van der Waals surface area (Å²) >= 11 is 0. The minimum absolute atomic E-state index is 0.155. The van der Waals surface area contributed by atoms with Crippen LogP contribution in [0.5, 0.6) is 0 Å². The number of carbonyl (C=O) groups is 1. The largest absolute Gasteiger partial charge is 0.392 e. The maximum absolute atomic E-state index is 12.1. The van der Waals surface area contributed by atoms with Gasteiger partial charge in [-0.25, -0.2) is 0 Å². The van der Waals surface area contributed by atoms with Crippen LogP contribution in [0.2, 0.25) is 0 Å². The minimum atomic E-state index is -0.576. The summed E-state index contributed by atoms with van der Waals surface area (Å²) in [5.41, 5.74) is 2.07. The SMILES string of the molecule is O=C(N[C@H]1c2ccccc2C[C@H]1O)C1CC(O)CN1. The third-order valence-electron chi connectivity index (χ3n) is 3.93. The molecule has 2 aliphatic rings. The van der Waals surface area contributed by atoms with Gasteiger partial charge in [0.1, 0.15) is 0 Å². The first kappa shape index (κ1) is 12.6. The monoisotopic (exact) mass is 262 g/mol. The fourth-order valence-corrected chi connectivity index (χ4v) is 2.92. The van der Waals surface area contributed by atoms with Crippen LogP contribution >= 0.6 is 0 Å². The van der Waals surface area contributed by atoms with Crippen LogP contribution in [0.1, 0.15) is 23.6 Å². The molecule has 0 saturated carbocycles. The lowest BCUT2D eigenvalue weighted by molar-refractivity contribution is -0.124. The molecule has 3 rings (SSSR count). The van der Waals surface area contributed by atoms with E-state index in [2.05, 4.69) is 10.6 Å². The number of hydrogen-bond acceptors (Lipinski definition) is 4. The van der Waals surface area contributed by atoms with Crippen molar-refractivity contribution in [3.05, 3.63) is 35.4 Å². The molecule has 5 nitrogen and oxygen atoms in total. The third kappa shape index (κ3) is 2.36. The second-order valence-corrected chi connectivity index (χ2v) is 5.31. The number of aliphatic hydroxyl groups excluding tert-OH is 2. The van der Waals surface area contributed by atoms with Crippen LogP contribution in [0, 0.1) is 0 Å². The molecule has 4 N–H and O–H groups in total. The molecule has 1 aliphatic carbocycles. The van der Waals surface area contributed by atoms with Crippen LogP contribution < -0.4 is 10.6 Å². The molecule has 19 heavy (non-hydrogen) atoms. The number of benzene rings is 1. The quantitative estimate of drug-likeness (QED) is 0.578. The van der Waals surface area contributed by atoms with Crippen molar-refractivity contribution >= 4 is 5.91 Å². The number of hydrogen-bond donors (Lipinski definition) is 4. The summed E-state index contributed by atoms with van der Waals surface area (Å²) in [4.78, 5) is 12.1. The van der Waals surface area contributed by atoms with E-state index in [1.54, 1.807) is 0 Å². The molecule has 2 unspecified atom stereocenters. The standard InChI is InChI=1S/C14H18N2O3/c17-9-6-11(15-7-9)14(19)16-13-10-4-2-1-3-8(10)5-12(13)18/h1-4,9,11-13,15,17-18H,5-7H2,(H,16,19)/t9?,11?,12-,13+/m1/s1.